The number of para-hydroxylation sites is 1. The first-order valence-corrected chi connectivity index (χ1v) is 8.74. The van der Waals surface area contributed by atoms with Crippen LogP contribution in [-0.2, 0) is 0 Å². The van der Waals surface area contributed by atoms with Gasteiger partial charge in [0.1, 0.15) is 11.6 Å². The zero-order valence-corrected chi connectivity index (χ0v) is 15.7. The summed E-state index contributed by atoms with van der Waals surface area (Å²) in [7, 11) is 3.27. The van der Waals surface area contributed by atoms with Crippen molar-refractivity contribution in [1.29, 1.82) is 5.26 Å². The molecule has 140 valence electrons. The van der Waals surface area contributed by atoms with Gasteiger partial charge >= 0.3 is 6.09 Å². The molecule has 1 heterocycles. The lowest BCUT2D eigenvalue weighted by molar-refractivity contribution is 0.171. The maximum atomic E-state index is 12.1. The van der Waals surface area contributed by atoms with Crippen LogP contribution in [0.1, 0.15) is 22.7 Å². The van der Waals surface area contributed by atoms with Crippen molar-refractivity contribution in [3.8, 4) is 11.8 Å². The zero-order valence-electron chi connectivity index (χ0n) is 15.7. The van der Waals surface area contributed by atoms with E-state index in [2.05, 4.69) is 16.4 Å². The molecule has 1 unspecified atom stereocenters. The Labute approximate surface area is 164 Å². The van der Waals surface area contributed by atoms with Gasteiger partial charge in [0.25, 0.3) is 0 Å². The van der Waals surface area contributed by atoms with E-state index in [9.17, 15) is 4.79 Å². The van der Waals surface area contributed by atoms with Crippen molar-refractivity contribution in [2.24, 2.45) is 0 Å². The van der Waals surface area contributed by atoms with Crippen molar-refractivity contribution in [3.05, 3.63) is 89.6 Å². The van der Waals surface area contributed by atoms with Gasteiger partial charge in [-0.2, -0.15) is 5.26 Å². The van der Waals surface area contributed by atoms with E-state index in [1.807, 2.05) is 48.5 Å². The molecule has 1 amide bonds. The summed E-state index contributed by atoms with van der Waals surface area (Å²) < 4.78 is 5.57. The quantitative estimate of drug-likeness (QED) is 0.726. The van der Waals surface area contributed by atoms with Gasteiger partial charge in [0, 0.05) is 25.9 Å². The van der Waals surface area contributed by atoms with Crippen molar-refractivity contribution in [1.82, 2.24) is 9.88 Å². The third-order valence-electron chi connectivity index (χ3n) is 4.12. The molecule has 0 fully saturated rings. The second kappa shape index (κ2) is 8.69. The summed E-state index contributed by atoms with van der Waals surface area (Å²) in [6.45, 7) is 0. The van der Waals surface area contributed by atoms with Gasteiger partial charge in [-0.15, -0.1) is 0 Å². The highest BCUT2D eigenvalue weighted by Crippen LogP contribution is 2.33. The van der Waals surface area contributed by atoms with Crippen LogP contribution in [0.15, 0.2) is 72.9 Å². The highest BCUT2D eigenvalue weighted by molar-refractivity contribution is 5.71. The summed E-state index contributed by atoms with van der Waals surface area (Å²) in [6.07, 6.45) is 1.25. The molecule has 2 aromatic carbocycles. The van der Waals surface area contributed by atoms with Gasteiger partial charge in [-0.25, -0.2) is 9.78 Å². The SMILES string of the molecule is CN(C)C(=O)Oc1ccccc1C(Nc1ccccn1)c1ccc(C#N)cc1. The lowest BCUT2D eigenvalue weighted by Gasteiger charge is -2.23. The van der Waals surface area contributed by atoms with E-state index in [1.165, 1.54) is 4.90 Å². The predicted molar refractivity (Wildman–Crippen MR) is 107 cm³/mol. The van der Waals surface area contributed by atoms with Gasteiger partial charge in [0.05, 0.1) is 17.7 Å². The molecule has 1 atom stereocenters. The monoisotopic (exact) mass is 372 g/mol. The van der Waals surface area contributed by atoms with E-state index in [0.717, 1.165) is 11.1 Å². The van der Waals surface area contributed by atoms with E-state index in [1.54, 1.807) is 38.5 Å². The number of carbonyl (C=O) groups excluding carboxylic acids is 1. The van der Waals surface area contributed by atoms with Gasteiger partial charge in [-0.1, -0.05) is 36.4 Å². The maximum Gasteiger partial charge on any atom is 0.414 e. The largest absolute Gasteiger partial charge is 0.414 e. The summed E-state index contributed by atoms with van der Waals surface area (Å²) in [4.78, 5) is 17.8. The van der Waals surface area contributed by atoms with Crippen molar-refractivity contribution >= 4 is 11.9 Å². The first-order valence-electron chi connectivity index (χ1n) is 8.74. The van der Waals surface area contributed by atoms with Crippen LogP contribution < -0.4 is 10.1 Å². The Kier molecular flexibility index (Phi) is 5.87. The molecule has 3 aromatic rings. The molecule has 0 spiro atoms. The lowest BCUT2D eigenvalue weighted by Crippen LogP contribution is -2.26. The lowest BCUT2D eigenvalue weighted by atomic mass is 9.97. The summed E-state index contributed by atoms with van der Waals surface area (Å²) in [5.74, 6) is 1.14. The maximum absolute atomic E-state index is 12.1. The minimum atomic E-state index is -0.455. The number of ether oxygens (including phenoxy) is 1. The van der Waals surface area contributed by atoms with E-state index >= 15 is 0 Å². The first-order chi connectivity index (χ1) is 13.6. The third kappa shape index (κ3) is 4.46. The number of carbonyl (C=O) groups is 1. The molecule has 0 aliphatic rings. The smallest absolute Gasteiger partial charge is 0.410 e. The number of hydrogen-bond donors (Lipinski definition) is 1. The molecule has 3 rings (SSSR count). The van der Waals surface area contributed by atoms with Gasteiger partial charge < -0.3 is 15.0 Å². The van der Waals surface area contributed by atoms with Crippen molar-refractivity contribution in [3.63, 3.8) is 0 Å². The average molecular weight is 372 g/mol. The fourth-order valence-electron chi connectivity index (χ4n) is 2.68. The van der Waals surface area contributed by atoms with Crippen LogP contribution in [0.3, 0.4) is 0 Å². The topological polar surface area (TPSA) is 78.2 Å². The Balaban J connectivity index is 2.03. The molecular formula is C22H20N4O2. The van der Waals surface area contributed by atoms with E-state index < -0.39 is 6.09 Å². The van der Waals surface area contributed by atoms with E-state index in [4.69, 9.17) is 10.00 Å². The molecule has 28 heavy (non-hydrogen) atoms. The van der Waals surface area contributed by atoms with Crippen LogP contribution in [0.4, 0.5) is 10.6 Å². The Morgan fingerprint density at radius 2 is 1.79 bits per heavy atom. The van der Waals surface area contributed by atoms with Crippen LogP contribution in [-0.4, -0.2) is 30.1 Å². The molecule has 0 radical (unpaired) electrons. The number of amides is 1. The van der Waals surface area contributed by atoms with Crippen LogP contribution in [0, 0.1) is 11.3 Å². The van der Waals surface area contributed by atoms with Gasteiger partial charge in [0.15, 0.2) is 0 Å². The first kappa shape index (κ1) is 18.9. The zero-order chi connectivity index (χ0) is 19.9. The second-order valence-electron chi connectivity index (χ2n) is 6.33. The molecule has 6 heteroatoms. The van der Waals surface area contributed by atoms with Gasteiger partial charge in [-0.05, 0) is 35.9 Å². The molecule has 1 aromatic heterocycles. The molecule has 0 aliphatic heterocycles. The van der Waals surface area contributed by atoms with Crippen molar-refractivity contribution in [2.75, 3.05) is 19.4 Å². The highest BCUT2D eigenvalue weighted by Gasteiger charge is 2.21. The fraction of sp³-hybridized carbons (Fsp3) is 0.136. The van der Waals surface area contributed by atoms with Gasteiger partial charge in [0.2, 0.25) is 0 Å². The third-order valence-corrected chi connectivity index (χ3v) is 4.12. The number of anilines is 1. The second-order valence-corrected chi connectivity index (χ2v) is 6.33. The van der Waals surface area contributed by atoms with Crippen molar-refractivity contribution < 1.29 is 9.53 Å². The molecule has 0 saturated heterocycles. The Bertz CT molecular complexity index is 979. The number of hydrogen-bond acceptors (Lipinski definition) is 5. The molecule has 6 nitrogen and oxygen atoms in total. The summed E-state index contributed by atoms with van der Waals surface area (Å²) >= 11 is 0. The van der Waals surface area contributed by atoms with Crippen LogP contribution in [0.5, 0.6) is 5.75 Å². The predicted octanol–water partition coefficient (Wildman–Crippen LogP) is 4.22. The van der Waals surface area contributed by atoms with Crippen LogP contribution >= 0.6 is 0 Å². The number of benzene rings is 2. The number of aromatic nitrogens is 1. The standard InChI is InChI=1S/C22H20N4O2/c1-26(2)22(27)28-19-8-4-3-7-18(19)21(25-20-9-5-6-14-24-20)17-12-10-16(15-23)11-13-17/h3-14,21H,1-2H3,(H,24,25). The molecular weight excluding hydrogens is 352 g/mol. The minimum Gasteiger partial charge on any atom is -0.410 e. The normalized spacial score (nSPS) is 11.2. The summed E-state index contributed by atoms with van der Waals surface area (Å²) in [6, 6.07) is 22.0. The Morgan fingerprint density at radius 1 is 1.07 bits per heavy atom. The number of pyridine rings is 1. The summed E-state index contributed by atoms with van der Waals surface area (Å²) in [5.41, 5.74) is 2.28. The average Bonchev–Trinajstić information content (AvgIpc) is 2.73. The van der Waals surface area contributed by atoms with Crippen LogP contribution in [0.25, 0.3) is 0 Å². The molecule has 0 bridgehead atoms. The number of nitrogens with zero attached hydrogens (tertiary/aromatic N) is 3. The number of rotatable bonds is 5. The van der Waals surface area contributed by atoms with Crippen LogP contribution in [0.2, 0.25) is 0 Å². The highest BCUT2D eigenvalue weighted by atomic mass is 16.6. The fourth-order valence-corrected chi connectivity index (χ4v) is 2.68. The Hall–Kier alpha value is -3.85. The molecule has 1 N–H and O–H groups in total. The molecule has 0 aliphatic carbocycles. The number of nitriles is 1. The van der Waals surface area contributed by atoms with Gasteiger partial charge in [-0.3, -0.25) is 0 Å². The summed E-state index contributed by atoms with van der Waals surface area (Å²) in [5, 5.41) is 12.5. The van der Waals surface area contributed by atoms with Crippen molar-refractivity contribution in [2.45, 2.75) is 6.04 Å². The Morgan fingerprint density at radius 3 is 2.43 bits per heavy atom. The minimum absolute atomic E-state index is 0.325. The molecule has 0 saturated carbocycles. The van der Waals surface area contributed by atoms with E-state index in [0.29, 0.717) is 17.1 Å². The number of nitrogens with one attached hydrogen (secondary N) is 1. The van der Waals surface area contributed by atoms with E-state index in [-0.39, 0.29) is 6.04 Å².